The lowest BCUT2D eigenvalue weighted by molar-refractivity contribution is 0.445. The van der Waals surface area contributed by atoms with E-state index >= 15 is 0 Å². The van der Waals surface area contributed by atoms with Crippen molar-refractivity contribution in [2.45, 2.75) is 19.9 Å². The van der Waals surface area contributed by atoms with Crippen molar-refractivity contribution < 1.29 is 8.42 Å². The fourth-order valence-corrected chi connectivity index (χ4v) is 2.77. The van der Waals surface area contributed by atoms with Crippen molar-refractivity contribution >= 4 is 21.8 Å². The van der Waals surface area contributed by atoms with E-state index in [-0.39, 0.29) is 6.54 Å². The Morgan fingerprint density at radius 2 is 2.00 bits per heavy atom. The minimum Gasteiger partial charge on any atom is -0.317 e. The van der Waals surface area contributed by atoms with Crippen LogP contribution in [0.3, 0.4) is 0 Å². The summed E-state index contributed by atoms with van der Waals surface area (Å²) in [6, 6.07) is 7.18. The van der Waals surface area contributed by atoms with Crippen LogP contribution in [0.1, 0.15) is 18.9 Å². The van der Waals surface area contributed by atoms with Gasteiger partial charge in [-0.1, -0.05) is 36.7 Å². The molecule has 114 valence electrons. The number of halogens is 1. The molecular formula is C13H22ClN3O2S. The van der Waals surface area contributed by atoms with Gasteiger partial charge in [-0.3, -0.25) is 0 Å². The van der Waals surface area contributed by atoms with Crippen molar-refractivity contribution in [3.8, 4) is 0 Å². The van der Waals surface area contributed by atoms with Gasteiger partial charge in [0.15, 0.2) is 0 Å². The Bertz CT molecular complexity index is 508. The summed E-state index contributed by atoms with van der Waals surface area (Å²) in [5.41, 5.74) is 0.763. The molecule has 0 unspecified atom stereocenters. The molecule has 0 aliphatic carbocycles. The van der Waals surface area contributed by atoms with Crippen LogP contribution in [0.4, 0.5) is 0 Å². The first kappa shape index (κ1) is 17.4. The number of hydrogen-bond donors (Lipinski definition) is 2. The number of hydrogen-bond acceptors (Lipinski definition) is 3. The average molecular weight is 320 g/mol. The molecule has 0 spiro atoms. The van der Waals surface area contributed by atoms with Gasteiger partial charge >= 0.3 is 0 Å². The number of rotatable bonds is 9. The van der Waals surface area contributed by atoms with Crippen LogP contribution in [0.2, 0.25) is 5.02 Å². The lowest BCUT2D eigenvalue weighted by Crippen LogP contribution is -2.39. The standard InChI is InChI=1S/C13H22ClN3O2S/c1-3-15-9-6-10-17(2)20(18,19)16-11-12-7-4-5-8-13(12)14/h4-5,7-8,15-16H,3,6,9-11H2,1-2H3. The van der Waals surface area contributed by atoms with Gasteiger partial charge in [-0.15, -0.1) is 0 Å². The Morgan fingerprint density at radius 3 is 2.65 bits per heavy atom. The molecule has 0 bridgehead atoms. The van der Waals surface area contributed by atoms with Crippen LogP contribution in [0.15, 0.2) is 24.3 Å². The molecule has 20 heavy (non-hydrogen) atoms. The van der Waals surface area contributed by atoms with Gasteiger partial charge in [-0.2, -0.15) is 17.4 Å². The molecule has 0 aliphatic rings. The van der Waals surface area contributed by atoms with E-state index in [0.29, 0.717) is 11.6 Å². The highest BCUT2D eigenvalue weighted by Crippen LogP contribution is 2.14. The van der Waals surface area contributed by atoms with E-state index < -0.39 is 10.2 Å². The Kier molecular flexibility index (Phi) is 7.47. The molecule has 0 radical (unpaired) electrons. The Balaban J connectivity index is 2.46. The molecular weight excluding hydrogens is 298 g/mol. The molecule has 1 rings (SSSR count). The molecule has 0 saturated carbocycles. The summed E-state index contributed by atoms with van der Waals surface area (Å²) in [5.74, 6) is 0. The predicted octanol–water partition coefficient (Wildman–Crippen LogP) is 1.61. The summed E-state index contributed by atoms with van der Waals surface area (Å²) in [6.45, 7) is 4.39. The maximum absolute atomic E-state index is 12.0. The van der Waals surface area contributed by atoms with Crippen LogP contribution in [0.25, 0.3) is 0 Å². The van der Waals surface area contributed by atoms with Gasteiger partial charge in [0.1, 0.15) is 0 Å². The van der Waals surface area contributed by atoms with Crippen LogP contribution < -0.4 is 10.0 Å². The summed E-state index contributed by atoms with van der Waals surface area (Å²) >= 11 is 5.99. The van der Waals surface area contributed by atoms with Crippen molar-refractivity contribution in [1.29, 1.82) is 0 Å². The maximum atomic E-state index is 12.0. The minimum atomic E-state index is -3.47. The van der Waals surface area contributed by atoms with Gasteiger partial charge in [0.05, 0.1) is 0 Å². The zero-order valence-corrected chi connectivity index (χ0v) is 13.5. The van der Waals surface area contributed by atoms with E-state index in [1.807, 2.05) is 19.1 Å². The second-order valence-corrected chi connectivity index (χ2v) is 6.72. The normalized spacial score (nSPS) is 12.0. The van der Waals surface area contributed by atoms with Gasteiger partial charge in [-0.25, -0.2) is 0 Å². The highest BCUT2D eigenvalue weighted by Gasteiger charge is 2.16. The second-order valence-electron chi connectivity index (χ2n) is 4.45. The van der Waals surface area contributed by atoms with E-state index in [9.17, 15) is 8.42 Å². The third-order valence-corrected chi connectivity index (χ3v) is 4.77. The zero-order valence-electron chi connectivity index (χ0n) is 11.9. The molecule has 7 heteroatoms. The second kappa shape index (κ2) is 8.59. The molecule has 0 atom stereocenters. The highest BCUT2D eigenvalue weighted by atomic mass is 35.5. The van der Waals surface area contributed by atoms with Gasteiger partial charge in [0.2, 0.25) is 0 Å². The molecule has 0 saturated heterocycles. The van der Waals surface area contributed by atoms with Crippen LogP contribution in [0, 0.1) is 0 Å². The number of nitrogens with one attached hydrogen (secondary N) is 2. The van der Waals surface area contributed by atoms with E-state index in [4.69, 9.17) is 11.6 Å². The van der Waals surface area contributed by atoms with Crippen molar-refractivity contribution in [2.75, 3.05) is 26.7 Å². The third kappa shape index (κ3) is 5.76. The number of benzene rings is 1. The molecule has 0 aliphatic heterocycles. The third-order valence-electron chi connectivity index (χ3n) is 2.89. The minimum absolute atomic E-state index is 0.194. The Morgan fingerprint density at radius 1 is 1.30 bits per heavy atom. The molecule has 1 aromatic carbocycles. The molecule has 0 aromatic heterocycles. The maximum Gasteiger partial charge on any atom is 0.279 e. The molecule has 5 nitrogen and oxygen atoms in total. The van der Waals surface area contributed by atoms with Crippen LogP contribution in [-0.2, 0) is 16.8 Å². The number of nitrogens with zero attached hydrogens (tertiary/aromatic N) is 1. The van der Waals surface area contributed by atoms with E-state index in [1.54, 1.807) is 19.2 Å². The van der Waals surface area contributed by atoms with E-state index in [0.717, 1.165) is 25.1 Å². The molecule has 1 aromatic rings. The SMILES string of the molecule is CCNCCCN(C)S(=O)(=O)NCc1ccccc1Cl. The fourth-order valence-electron chi connectivity index (χ4n) is 1.64. The quantitative estimate of drug-likeness (QED) is 0.680. The van der Waals surface area contributed by atoms with Crippen molar-refractivity contribution in [2.24, 2.45) is 0 Å². The van der Waals surface area contributed by atoms with E-state index in [2.05, 4.69) is 10.0 Å². The smallest absolute Gasteiger partial charge is 0.279 e. The van der Waals surface area contributed by atoms with Gasteiger partial charge in [0, 0.05) is 25.2 Å². The molecule has 2 N–H and O–H groups in total. The largest absolute Gasteiger partial charge is 0.317 e. The predicted molar refractivity (Wildman–Crippen MR) is 83.0 cm³/mol. The molecule has 0 heterocycles. The topological polar surface area (TPSA) is 61.4 Å². The monoisotopic (exact) mass is 319 g/mol. The fraction of sp³-hybridized carbons (Fsp3) is 0.538. The van der Waals surface area contributed by atoms with Crippen LogP contribution in [-0.4, -0.2) is 39.4 Å². The highest BCUT2D eigenvalue weighted by molar-refractivity contribution is 7.87. The Labute approximate surface area is 126 Å². The summed E-state index contributed by atoms with van der Waals surface area (Å²) in [4.78, 5) is 0. The van der Waals surface area contributed by atoms with Crippen LogP contribution in [0.5, 0.6) is 0 Å². The summed E-state index contributed by atoms with van der Waals surface area (Å²) in [7, 11) is -1.90. The lowest BCUT2D eigenvalue weighted by Gasteiger charge is -2.18. The van der Waals surface area contributed by atoms with Crippen molar-refractivity contribution in [3.05, 3.63) is 34.9 Å². The van der Waals surface area contributed by atoms with Gasteiger partial charge in [-0.05, 0) is 31.1 Å². The first-order valence-electron chi connectivity index (χ1n) is 6.62. The first-order chi connectivity index (χ1) is 9.47. The summed E-state index contributed by atoms with van der Waals surface area (Å²) in [6.07, 6.45) is 0.775. The van der Waals surface area contributed by atoms with E-state index in [1.165, 1.54) is 4.31 Å². The van der Waals surface area contributed by atoms with Crippen LogP contribution >= 0.6 is 11.6 Å². The Hall–Kier alpha value is -0.660. The van der Waals surface area contributed by atoms with Crippen molar-refractivity contribution in [1.82, 2.24) is 14.3 Å². The first-order valence-corrected chi connectivity index (χ1v) is 8.44. The lowest BCUT2D eigenvalue weighted by atomic mass is 10.2. The molecule has 0 amide bonds. The van der Waals surface area contributed by atoms with Crippen molar-refractivity contribution in [3.63, 3.8) is 0 Å². The summed E-state index contributed by atoms with van der Waals surface area (Å²) in [5, 5.41) is 3.72. The average Bonchev–Trinajstić information content (AvgIpc) is 2.42. The summed E-state index contributed by atoms with van der Waals surface area (Å²) < 4.78 is 27.9. The molecule has 0 fully saturated rings. The zero-order chi connectivity index (χ0) is 15.0. The van der Waals surface area contributed by atoms with Gasteiger partial charge < -0.3 is 5.32 Å². The van der Waals surface area contributed by atoms with Gasteiger partial charge in [0.25, 0.3) is 10.2 Å².